The summed E-state index contributed by atoms with van der Waals surface area (Å²) < 4.78 is 4.72. The minimum atomic E-state index is -0.363. The Kier molecular flexibility index (Phi) is 1.90. The lowest BCUT2D eigenvalue weighted by atomic mass is 9.76. The quantitative estimate of drug-likeness (QED) is 0.475. The van der Waals surface area contributed by atoms with Crippen LogP contribution in [0.4, 0.5) is 0 Å². The van der Waals surface area contributed by atoms with Crippen molar-refractivity contribution >= 4 is 12.3 Å². The predicted molar refractivity (Wildman–Crippen MR) is 46.0 cm³/mol. The van der Waals surface area contributed by atoms with Gasteiger partial charge in [-0.05, 0) is 31.6 Å². The van der Waals surface area contributed by atoms with E-state index < -0.39 is 0 Å². The van der Waals surface area contributed by atoms with E-state index in [1.54, 1.807) is 0 Å². The second-order valence-electron chi connectivity index (χ2n) is 4.27. The van der Waals surface area contributed by atoms with Gasteiger partial charge in [0.1, 0.15) is 6.29 Å². The van der Waals surface area contributed by atoms with Crippen molar-refractivity contribution in [1.29, 1.82) is 0 Å². The fourth-order valence-electron chi connectivity index (χ4n) is 2.96. The van der Waals surface area contributed by atoms with E-state index in [4.69, 9.17) is 4.74 Å². The molecule has 0 heterocycles. The highest BCUT2D eigenvalue weighted by atomic mass is 16.5. The molecule has 0 aromatic carbocycles. The van der Waals surface area contributed by atoms with Crippen molar-refractivity contribution in [1.82, 2.24) is 0 Å². The van der Waals surface area contributed by atoms with Gasteiger partial charge in [-0.15, -0.1) is 0 Å². The number of aldehydes is 1. The Morgan fingerprint density at radius 2 is 2.38 bits per heavy atom. The van der Waals surface area contributed by atoms with E-state index in [2.05, 4.69) is 0 Å². The molecule has 3 heteroatoms. The van der Waals surface area contributed by atoms with Gasteiger partial charge in [-0.25, -0.2) is 0 Å². The Bertz CT molecular complexity index is 249. The Labute approximate surface area is 77.4 Å². The number of hydrogen-bond donors (Lipinski definition) is 0. The summed E-state index contributed by atoms with van der Waals surface area (Å²) in [5.41, 5.74) is -0.363. The highest BCUT2D eigenvalue weighted by Crippen LogP contribution is 2.56. The number of carbonyl (C=O) groups excluding carboxylic acids is 2. The molecule has 3 unspecified atom stereocenters. The summed E-state index contributed by atoms with van der Waals surface area (Å²) in [5.74, 6) is 0.220. The Hall–Kier alpha value is -0.860. The van der Waals surface area contributed by atoms with Crippen LogP contribution in [-0.2, 0) is 14.3 Å². The van der Waals surface area contributed by atoms with Crippen LogP contribution in [-0.4, -0.2) is 19.4 Å². The maximum absolute atomic E-state index is 11.4. The molecule has 0 aromatic heterocycles. The molecule has 0 N–H and O–H groups in total. The molecule has 13 heavy (non-hydrogen) atoms. The van der Waals surface area contributed by atoms with E-state index in [-0.39, 0.29) is 17.3 Å². The van der Waals surface area contributed by atoms with Crippen molar-refractivity contribution in [3.63, 3.8) is 0 Å². The van der Waals surface area contributed by atoms with Gasteiger partial charge in [-0.2, -0.15) is 0 Å². The number of methoxy groups -OCH3 is 1. The minimum absolute atomic E-state index is 0.159. The zero-order valence-corrected chi connectivity index (χ0v) is 7.79. The van der Waals surface area contributed by atoms with Gasteiger partial charge in [-0.1, -0.05) is 0 Å². The number of fused-ring (bicyclic) bond motifs is 2. The number of esters is 1. The molecule has 0 saturated heterocycles. The molecule has 2 bridgehead atoms. The van der Waals surface area contributed by atoms with Crippen LogP contribution >= 0.6 is 0 Å². The monoisotopic (exact) mass is 182 g/mol. The van der Waals surface area contributed by atoms with Gasteiger partial charge in [0.2, 0.25) is 0 Å². The molecule has 2 rings (SSSR count). The molecule has 0 amide bonds. The second kappa shape index (κ2) is 2.82. The maximum Gasteiger partial charge on any atom is 0.309 e. The molecular weight excluding hydrogens is 168 g/mol. The SMILES string of the molecule is COC(=O)C1CC2CCC1(C=O)C2. The van der Waals surface area contributed by atoms with Crippen LogP contribution in [0.1, 0.15) is 25.7 Å². The molecule has 0 aromatic rings. The van der Waals surface area contributed by atoms with Crippen LogP contribution in [0.25, 0.3) is 0 Å². The van der Waals surface area contributed by atoms with Gasteiger partial charge in [-0.3, -0.25) is 4.79 Å². The van der Waals surface area contributed by atoms with E-state index in [1.165, 1.54) is 7.11 Å². The lowest BCUT2D eigenvalue weighted by molar-refractivity contribution is -0.151. The van der Waals surface area contributed by atoms with E-state index >= 15 is 0 Å². The van der Waals surface area contributed by atoms with Crippen molar-refractivity contribution in [2.75, 3.05) is 7.11 Å². The third-order valence-electron chi connectivity index (χ3n) is 3.67. The largest absolute Gasteiger partial charge is 0.469 e. The summed E-state index contributed by atoms with van der Waals surface area (Å²) in [5, 5.41) is 0. The summed E-state index contributed by atoms with van der Waals surface area (Å²) in [4.78, 5) is 22.4. The molecule has 0 radical (unpaired) electrons. The highest BCUT2D eigenvalue weighted by Gasteiger charge is 2.55. The van der Waals surface area contributed by atoms with Crippen molar-refractivity contribution in [2.45, 2.75) is 25.7 Å². The molecule has 0 spiro atoms. The third kappa shape index (κ3) is 1.10. The van der Waals surface area contributed by atoms with Crippen molar-refractivity contribution in [3.05, 3.63) is 0 Å². The Morgan fingerprint density at radius 3 is 2.92 bits per heavy atom. The van der Waals surface area contributed by atoms with Gasteiger partial charge < -0.3 is 9.53 Å². The summed E-state index contributed by atoms with van der Waals surface area (Å²) in [6, 6.07) is 0. The number of carbonyl (C=O) groups is 2. The van der Waals surface area contributed by atoms with Crippen LogP contribution in [0.3, 0.4) is 0 Å². The number of ether oxygens (including phenoxy) is 1. The molecule has 2 aliphatic rings. The topological polar surface area (TPSA) is 43.4 Å². The van der Waals surface area contributed by atoms with E-state index in [9.17, 15) is 9.59 Å². The summed E-state index contributed by atoms with van der Waals surface area (Å²) in [7, 11) is 1.40. The Morgan fingerprint density at radius 1 is 1.62 bits per heavy atom. The number of hydrogen-bond acceptors (Lipinski definition) is 3. The summed E-state index contributed by atoms with van der Waals surface area (Å²) in [6.07, 6.45) is 4.72. The van der Waals surface area contributed by atoms with E-state index in [1.807, 2.05) is 0 Å². The van der Waals surface area contributed by atoms with Crippen LogP contribution in [0.2, 0.25) is 0 Å². The normalized spacial score (nSPS) is 41.9. The van der Waals surface area contributed by atoms with Gasteiger partial charge in [0, 0.05) is 5.41 Å². The first-order chi connectivity index (χ1) is 6.22. The molecular formula is C10H14O3. The van der Waals surface area contributed by atoms with Gasteiger partial charge in [0.25, 0.3) is 0 Å². The first-order valence-electron chi connectivity index (χ1n) is 4.76. The zero-order valence-electron chi connectivity index (χ0n) is 7.79. The molecule has 2 saturated carbocycles. The lowest BCUT2D eigenvalue weighted by Gasteiger charge is -2.27. The molecule has 3 nitrogen and oxygen atoms in total. The highest BCUT2D eigenvalue weighted by molar-refractivity contribution is 5.80. The third-order valence-corrected chi connectivity index (χ3v) is 3.67. The average Bonchev–Trinajstić information content (AvgIpc) is 2.74. The van der Waals surface area contributed by atoms with Crippen LogP contribution in [0, 0.1) is 17.3 Å². The van der Waals surface area contributed by atoms with Gasteiger partial charge in [0.15, 0.2) is 0 Å². The molecule has 3 atom stereocenters. The van der Waals surface area contributed by atoms with E-state index in [0.29, 0.717) is 5.92 Å². The van der Waals surface area contributed by atoms with Crippen LogP contribution in [0.15, 0.2) is 0 Å². The molecule has 72 valence electrons. The van der Waals surface area contributed by atoms with Crippen molar-refractivity contribution in [2.24, 2.45) is 17.3 Å². The van der Waals surface area contributed by atoms with E-state index in [0.717, 1.165) is 32.0 Å². The molecule has 0 aliphatic heterocycles. The lowest BCUT2D eigenvalue weighted by Crippen LogP contribution is -2.33. The average molecular weight is 182 g/mol. The maximum atomic E-state index is 11.4. The van der Waals surface area contributed by atoms with Crippen molar-refractivity contribution < 1.29 is 14.3 Å². The van der Waals surface area contributed by atoms with Crippen molar-refractivity contribution in [3.8, 4) is 0 Å². The van der Waals surface area contributed by atoms with Gasteiger partial charge >= 0.3 is 5.97 Å². The summed E-state index contributed by atoms with van der Waals surface area (Å²) in [6.45, 7) is 0. The van der Waals surface area contributed by atoms with Crippen LogP contribution in [0.5, 0.6) is 0 Å². The fraction of sp³-hybridized carbons (Fsp3) is 0.800. The molecule has 2 fully saturated rings. The van der Waals surface area contributed by atoms with Gasteiger partial charge in [0.05, 0.1) is 13.0 Å². The first kappa shape index (κ1) is 8.73. The fourth-order valence-corrected chi connectivity index (χ4v) is 2.96. The summed E-state index contributed by atoms with van der Waals surface area (Å²) >= 11 is 0. The first-order valence-corrected chi connectivity index (χ1v) is 4.76. The van der Waals surface area contributed by atoms with Crippen LogP contribution < -0.4 is 0 Å². The Balaban J connectivity index is 2.22. The minimum Gasteiger partial charge on any atom is -0.469 e. The number of rotatable bonds is 2. The second-order valence-corrected chi connectivity index (χ2v) is 4.27. The zero-order chi connectivity index (χ0) is 9.47. The molecule has 2 aliphatic carbocycles. The smallest absolute Gasteiger partial charge is 0.309 e. The standard InChI is InChI=1S/C10H14O3/c1-13-9(12)8-4-7-2-3-10(8,5-7)6-11/h6-8H,2-5H2,1H3. The predicted octanol–water partition coefficient (Wildman–Crippen LogP) is 1.16.